The molecule has 0 radical (unpaired) electrons. The highest BCUT2D eigenvalue weighted by atomic mass is 19.1. The molecule has 0 bridgehead atoms. The van der Waals surface area contributed by atoms with Crippen LogP contribution in [0.25, 0.3) is 0 Å². The lowest BCUT2D eigenvalue weighted by molar-refractivity contribution is 0.0940. The number of hydrogen-bond donors (Lipinski definition) is 2. The Morgan fingerprint density at radius 1 is 1.24 bits per heavy atom. The zero-order valence-electron chi connectivity index (χ0n) is 12.1. The Morgan fingerprint density at radius 2 is 1.90 bits per heavy atom. The summed E-state index contributed by atoms with van der Waals surface area (Å²) >= 11 is 0. The standard InChI is InChI=1S/C17H18FNO2/c1-11-9-14(5-8-16(11)20)17(21)19-12(2)10-13-3-6-15(18)7-4-13/h3-9,12,20H,10H2,1-2H3,(H,19,21). The van der Waals surface area contributed by atoms with Crippen LogP contribution in [0.3, 0.4) is 0 Å². The fraction of sp³-hybridized carbons (Fsp3) is 0.235. The third kappa shape index (κ3) is 4.05. The van der Waals surface area contributed by atoms with Gasteiger partial charge in [0.1, 0.15) is 11.6 Å². The summed E-state index contributed by atoms with van der Waals surface area (Å²) in [6.45, 7) is 3.64. The number of nitrogens with one attached hydrogen (secondary N) is 1. The predicted octanol–water partition coefficient (Wildman–Crippen LogP) is 3.20. The Hall–Kier alpha value is -2.36. The summed E-state index contributed by atoms with van der Waals surface area (Å²) < 4.78 is 12.8. The SMILES string of the molecule is Cc1cc(C(=O)NC(C)Cc2ccc(F)cc2)ccc1O. The molecule has 0 heterocycles. The Labute approximate surface area is 123 Å². The number of hydrogen-bond acceptors (Lipinski definition) is 2. The summed E-state index contributed by atoms with van der Waals surface area (Å²) in [5.41, 5.74) is 2.14. The summed E-state index contributed by atoms with van der Waals surface area (Å²) in [7, 11) is 0. The van der Waals surface area contributed by atoms with E-state index in [-0.39, 0.29) is 23.5 Å². The molecule has 2 rings (SSSR count). The van der Waals surface area contributed by atoms with E-state index in [0.29, 0.717) is 17.5 Å². The van der Waals surface area contributed by atoms with Crippen molar-refractivity contribution >= 4 is 5.91 Å². The van der Waals surface area contributed by atoms with Gasteiger partial charge in [-0.2, -0.15) is 0 Å². The Kier molecular flexibility index (Phi) is 4.58. The largest absolute Gasteiger partial charge is 0.508 e. The number of benzene rings is 2. The maximum absolute atomic E-state index is 12.8. The molecule has 0 aliphatic heterocycles. The van der Waals surface area contributed by atoms with Crippen molar-refractivity contribution in [3.63, 3.8) is 0 Å². The van der Waals surface area contributed by atoms with Gasteiger partial charge in [0.2, 0.25) is 0 Å². The second-order valence-electron chi connectivity index (χ2n) is 5.21. The molecule has 0 spiro atoms. The fourth-order valence-corrected chi connectivity index (χ4v) is 2.13. The van der Waals surface area contributed by atoms with Crippen molar-refractivity contribution in [3.8, 4) is 5.75 Å². The Balaban J connectivity index is 1.98. The summed E-state index contributed by atoms with van der Waals surface area (Å²) in [6, 6.07) is 10.9. The van der Waals surface area contributed by atoms with E-state index in [0.717, 1.165) is 5.56 Å². The second-order valence-corrected chi connectivity index (χ2v) is 5.21. The van der Waals surface area contributed by atoms with E-state index in [4.69, 9.17) is 0 Å². The zero-order valence-corrected chi connectivity index (χ0v) is 12.1. The topological polar surface area (TPSA) is 49.3 Å². The van der Waals surface area contributed by atoms with Crippen molar-refractivity contribution in [1.82, 2.24) is 5.32 Å². The van der Waals surface area contributed by atoms with E-state index in [9.17, 15) is 14.3 Å². The number of amides is 1. The van der Waals surface area contributed by atoms with E-state index < -0.39 is 0 Å². The van der Waals surface area contributed by atoms with Crippen LogP contribution in [0.4, 0.5) is 4.39 Å². The lowest BCUT2D eigenvalue weighted by atomic mass is 10.1. The minimum absolute atomic E-state index is 0.0722. The monoisotopic (exact) mass is 287 g/mol. The van der Waals surface area contributed by atoms with E-state index >= 15 is 0 Å². The Bertz CT molecular complexity index is 638. The van der Waals surface area contributed by atoms with E-state index in [2.05, 4.69) is 5.32 Å². The van der Waals surface area contributed by atoms with Crippen molar-refractivity contribution in [2.45, 2.75) is 26.3 Å². The zero-order chi connectivity index (χ0) is 15.4. The highest BCUT2D eigenvalue weighted by Gasteiger charge is 2.11. The maximum Gasteiger partial charge on any atom is 0.251 e. The van der Waals surface area contributed by atoms with Crippen LogP contribution in [-0.4, -0.2) is 17.1 Å². The summed E-state index contributed by atoms with van der Waals surface area (Å²) in [4.78, 5) is 12.1. The molecular weight excluding hydrogens is 269 g/mol. The van der Waals surface area contributed by atoms with Crippen LogP contribution in [0.2, 0.25) is 0 Å². The van der Waals surface area contributed by atoms with Gasteiger partial charge in [-0.1, -0.05) is 12.1 Å². The lowest BCUT2D eigenvalue weighted by Crippen LogP contribution is -2.34. The first-order chi connectivity index (χ1) is 9.95. The van der Waals surface area contributed by atoms with Crippen molar-refractivity contribution in [2.75, 3.05) is 0 Å². The van der Waals surface area contributed by atoms with E-state index in [1.807, 2.05) is 6.92 Å². The number of rotatable bonds is 4. The van der Waals surface area contributed by atoms with Crippen LogP contribution in [-0.2, 0) is 6.42 Å². The van der Waals surface area contributed by atoms with Gasteiger partial charge >= 0.3 is 0 Å². The van der Waals surface area contributed by atoms with Gasteiger partial charge in [-0.05, 0) is 61.7 Å². The summed E-state index contributed by atoms with van der Waals surface area (Å²) in [6.07, 6.45) is 0.628. The van der Waals surface area contributed by atoms with Crippen molar-refractivity contribution < 1.29 is 14.3 Å². The molecule has 0 saturated carbocycles. The predicted molar refractivity (Wildman–Crippen MR) is 79.9 cm³/mol. The number of halogens is 1. The van der Waals surface area contributed by atoms with Crippen LogP contribution in [0.1, 0.15) is 28.4 Å². The minimum Gasteiger partial charge on any atom is -0.508 e. The highest BCUT2D eigenvalue weighted by Crippen LogP contribution is 2.17. The van der Waals surface area contributed by atoms with Crippen LogP contribution in [0, 0.1) is 12.7 Å². The average Bonchev–Trinajstić information content (AvgIpc) is 2.44. The van der Waals surface area contributed by atoms with Crippen LogP contribution in [0.5, 0.6) is 5.75 Å². The Morgan fingerprint density at radius 3 is 2.52 bits per heavy atom. The smallest absolute Gasteiger partial charge is 0.251 e. The first kappa shape index (κ1) is 15.0. The van der Waals surface area contributed by atoms with Crippen molar-refractivity contribution in [1.29, 1.82) is 0 Å². The van der Waals surface area contributed by atoms with E-state index in [1.54, 1.807) is 31.2 Å². The van der Waals surface area contributed by atoms with Crippen LogP contribution >= 0.6 is 0 Å². The molecule has 1 atom stereocenters. The molecule has 110 valence electrons. The van der Waals surface area contributed by atoms with Gasteiger partial charge in [-0.15, -0.1) is 0 Å². The third-order valence-corrected chi connectivity index (χ3v) is 3.29. The molecule has 4 heteroatoms. The van der Waals surface area contributed by atoms with Crippen LogP contribution in [0.15, 0.2) is 42.5 Å². The molecule has 21 heavy (non-hydrogen) atoms. The molecule has 2 N–H and O–H groups in total. The first-order valence-electron chi connectivity index (χ1n) is 6.80. The molecule has 0 saturated heterocycles. The third-order valence-electron chi connectivity index (χ3n) is 3.29. The molecule has 1 amide bonds. The van der Waals surface area contributed by atoms with Crippen molar-refractivity contribution in [3.05, 3.63) is 65.0 Å². The molecule has 2 aromatic carbocycles. The number of aromatic hydroxyl groups is 1. The van der Waals surface area contributed by atoms with Gasteiger partial charge < -0.3 is 10.4 Å². The lowest BCUT2D eigenvalue weighted by Gasteiger charge is -2.14. The van der Waals surface area contributed by atoms with Gasteiger partial charge in [0, 0.05) is 11.6 Å². The molecule has 0 fully saturated rings. The number of carbonyl (C=O) groups is 1. The number of aryl methyl sites for hydroxylation is 1. The molecule has 0 aliphatic rings. The van der Waals surface area contributed by atoms with Gasteiger partial charge in [0.25, 0.3) is 5.91 Å². The maximum atomic E-state index is 12.8. The van der Waals surface area contributed by atoms with E-state index in [1.165, 1.54) is 18.2 Å². The molecule has 0 aromatic heterocycles. The minimum atomic E-state index is -0.269. The highest BCUT2D eigenvalue weighted by molar-refractivity contribution is 5.94. The first-order valence-corrected chi connectivity index (χ1v) is 6.80. The van der Waals surface area contributed by atoms with Gasteiger partial charge in [-0.3, -0.25) is 4.79 Å². The summed E-state index contributed by atoms with van der Waals surface area (Å²) in [5.74, 6) is -0.284. The number of phenolic OH excluding ortho intramolecular Hbond substituents is 1. The average molecular weight is 287 g/mol. The normalized spacial score (nSPS) is 12.0. The molecule has 3 nitrogen and oxygen atoms in total. The number of carbonyl (C=O) groups excluding carboxylic acids is 1. The summed E-state index contributed by atoms with van der Waals surface area (Å²) in [5, 5.41) is 12.4. The van der Waals surface area contributed by atoms with Crippen molar-refractivity contribution in [2.24, 2.45) is 0 Å². The molecule has 2 aromatic rings. The quantitative estimate of drug-likeness (QED) is 0.907. The fourth-order valence-electron chi connectivity index (χ4n) is 2.13. The van der Waals surface area contributed by atoms with Crippen LogP contribution < -0.4 is 5.32 Å². The van der Waals surface area contributed by atoms with Gasteiger partial charge in [0.05, 0.1) is 0 Å². The molecule has 0 aliphatic carbocycles. The second kappa shape index (κ2) is 6.39. The molecular formula is C17H18FNO2. The number of phenols is 1. The van der Waals surface area contributed by atoms with Gasteiger partial charge in [-0.25, -0.2) is 4.39 Å². The molecule has 1 unspecified atom stereocenters. The van der Waals surface area contributed by atoms with Gasteiger partial charge in [0.15, 0.2) is 0 Å².